The molecule has 2 atom stereocenters. The lowest BCUT2D eigenvalue weighted by atomic mass is 9.99. The van der Waals surface area contributed by atoms with E-state index in [1.807, 2.05) is 30.3 Å². The molecule has 2 amide bonds. The first-order chi connectivity index (χ1) is 20.4. The van der Waals surface area contributed by atoms with Gasteiger partial charge in [-0.25, -0.2) is 13.5 Å². The van der Waals surface area contributed by atoms with Gasteiger partial charge in [0.05, 0.1) is 33.5 Å². The maximum absolute atomic E-state index is 15.4. The number of carbonyl (C=O) groups excluding carboxylic acids is 2. The van der Waals surface area contributed by atoms with Crippen molar-refractivity contribution in [1.29, 1.82) is 0 Å². The highest BCUT2D eigenvalue weighted by atomic mass is 35.5. The van der Waals surface area contributed by atoms with E-state index >= 15 is 4.39 Å². The van der Waals surface area contributed by atoms with Gasteiger partial charge in [0.25, 0.3) is 0 Å². The Morgan fingerprint density at radius 1 is 1.10 bits per heavy atom. The van der Waals surface area contributed by atoms with Crippen LogP contribution in [0.4, 0.5) is 14.6 Å². The second-order valence-electron chi connectivity index (χ2n) is 10.1. The van der Waals surface area contributed by atoms with Crippen LogP contribution in [0, 0.1) is 11.6 Å². The number of aromatic nitrogens is 2. The third-order valence-corrected chi connectivity index (χ3v) is 8.87. The number of para-hydroxylation sites is 1. The van der Waals surface area contributed by atoms with Crippen LogP contribution >= 0.6 is 23.4 Å². The lowest BCUT2D eigenvalue weighted by Crippen LogP contribution is -2.44. The average molecular weight is 609 g/mol. The van der Waals surface area contributed by atoms with Gasteiger partial charge in [0.15, 0.2) is 0 Å². The highest BCUT2D eigenvalue weighted by Gasteiger charge is 2.39. The van der Waals surface area contributed by atoms with Gasteiger partial charge >= 0.3 is 0 Å². The predicted octanol–water partition coefficient (Wildman–Crippen LogP) is 5.94. The summed E-state index contributed by atoms with van der Waals surface area (Å²) in [6.45, 7) is 0.708. The molecule has 3 heterocycles. The molecule has 4 aromatic rings. The molecule has 0 bridgehead atoms. The number of anilines is 1. The monoisotopic (exact) mass is 608 g/mol. The Bertz CT molecular complexity index is 1630. The number of carbonyl (C=O) groups is 2. The van der Waals surface area contributed by atoms with E-state index in [-0.39, 0.29) is 35.8 Å². The van der Waals surface area contributed by atoms with Crippen LogP contribution in [0.2, 0.25) is 5.02 Å². The zero-order valence-corrected chi connectivity index (χ0v) is 24.0. The maximum Gasteiger partial charge on any atom is 0.240 e. The summed E-state index contributed by atoms with van der Waals surface area (Å²) in [7, 11) is 0. The van der Waals surface area contributed by atoms with E-state index in [1.54, 1.807) is 28.9 Å². The molecule has 0 spiro atoms. The second-order valence-corrected chi connectivity index (χ2v) is 11.6. The van der Waals surface area contributed by atoms with Crippen molar-refractivity contribution in [3.05, 3.63) is 101 Å². The van der Waals surface area contributed by atoms with Gasteiger partial charge in [-0.15, -0.1) is 11.8 Å². The topological polar surface area (TPSA) is 76.5 Å². The molecule has 1 aromatic heterocycles. The van der Waals surface area contributed by atoms with Crippen molar-refractivity contribution in [2.45, 2.75) is 24.2 Å². The minimum absolute atomic E-state index is 0.0497. The fourth-order valence-corrected chi connectivity index (χ4v) is 6.75. The normalized spacial score (nSPS) is 18.5. The molecule has 2 aliphatic heterocycles. The van der Waals surface area contributed by atoms with Crippen LogP contribution in [0.25, 0.3) is 16.9 Å². The van der Waals surface area contributed by atoms with E-state index in [0.717, 1.165) is 24.5 Å². The highest BCUT2D eigenvalue weighted by Crippen LogP contribution is 2.49. The number of thioether (sulfide) groups is 1. The number of ether oxygens (including phenoxy) is 1. The summed E-state index contributed by atoms with van der Waals surface area (Å²) in [5.41, 5.74) is 2.43. The molecule has 6 rings (SSSR count). The van der Waals surface area contributed by atoms with Crippen LogP contribution in [0.1, 0.15) is 29.2 Å². The number of nitrogens with zero attached hydrogens (tertiary/aromatic N) is 3. The average Bonchev–Trinajstić information content (AvgIpc) is 3.62. The SMILES string of the molecule is O=C(CN1C(=O)CS[C@H](c2ccc(F)cc2F)c2c(-c3ccccc3)nn(-c3ccccc3Cl)c21)NC[C@H]1CCCO1. The molecule has 11 heteroatoms. The van der Waals surface area contributed by atoms with Crippen molar-refractivity contribution < 1.29 is 23.1 Å². The van der Waals surface area contributed by atoms with Crippen molar-refractivity contribution in [2.24, 2.45) is 0 Å². The number of halogens is 3. The third kappa shape index (κ3) is 5.66. The van der Waals surface area contributed by atoms with E-state index < -0.39 is 16.9 Å². The number of nitrogens with one attached hydrogen (secondary N) is 1. The van der Waals surface area contributed by atoms with Crippen molar-refractivity contribution in [1.82, 2.24) is 15.1 Å². The van der Waals surface area contributed by atoms with E-state index in [1.165, 1.54) is 28.8 Å². The van der Waals surface area contributed by atoms with Gasteiger partial charge in [0.1, 0.15) is 24.0 Å². The third-order valence-electron chi connectivity index (χ3n) is 7.31. The van der Waals surface area contributed by atoms with Gasteiger partial charge in [-0.2, -0.15) is 5.10 Å². The number of amides is 2. The molecule has 1 fully saturated rings. The summed E-state index contributed by atoms with van der Waals surface area (Å²) >= 11 is 7.84. The Balaban J connectivity index is 1.54. The molecule has 7 nitrogen and oxygen atoms in total. The first-order valence-electron chi connectivity index (χ1n) is 13.6. The predicted molar refractivity (Wildman–Crippen MR) is 159 cm³/mol. The van der Waals surface area contributed by atoms with Gasteiger partial charge in [-0.1, -0.05) is 60.1 Å². The molecule has 42 heavy (non-hydrogen) atoms. The minimum Gasteiger partial charge on any atom is -0.376 e. The van der Waals surface area contributed by atoms with E-state index in [9.17, 15) is 14.0 Å². The summed E-state index contributed by atoms with van der Waals surface area (Å²) in [6.07, 6.45) is 1.73. The standard InChI is InChI=1S/C31H27ClF2N4O3S/c32-23-10-4-5-11-25(23)38-31-28(29(36-38)19-7-2-1-3-8-19)30(22-13-12-20(33)15-24(22)34)42-18-27(40)37(31)17-26(39)35-16-21-9-6-14-41-21/h1-5,7-8,10-13,15,21,30H,6,9,14,16-18H2,(H,35,39)/t21-,30-/m1/s1. The quantitative estimate of drug-likeness (QED) is 0.281. The molecule has 2 aliphatic rings. The molecular weight excluding hydrogens is 582 g/mol. The molecule has 1 N–H and O–H groups in total. The first-order valence-corrected chi connectivity index (χ1v) is 15.0. The minimum atomic E-state index is -0.740. The molecular formula is C31H27ClF2N4O3S. The molecule has 0 unspecified atom stereocenters. The van der Waals surface area contributed by atoms with Gasteiger partial charge in [0, 0.05) is 35.9 Å². The molecule has 1 saturated heterocycles. The molecule has 0 aliphatic carbocycles. The van der Waals surface area contributed by atoms with Crippen LogP contribution < -0.4 is 10.2 Å². The number of hydrogen-bond acceptors (Lipinski definition) is 5. The fraction of sp³-hybridized carbons (Fsp3) is 0.258. The van der Waals surface area contributed by atoms with Crippen molar-refractivity contribution in [2.75, 3.05) is 30.3 Å². The Kier molecular flexibility index (Phi) is 8.28. The first kappa shape index (κ1) is 28.4. The van der Waals surface area contributed by atoms with Gasteiger partial charge in [0.2, 0.25) is 11.8 Å². The number of benzene rings is 3. The lowest BCUT2D eigenvalue weighted by molar-refractivity contribution is -0.123. The molecule has 216 valence electrons. The molecule has 0 saturated carbocycles. The smallest absolute Gasteiger partial charge is 0.240 e. The van der Waals surface area contributed by atoms with E-state index in [4.69, 9.17) is 21.4 Å². The van der Waals surface area contributed by atoms with Crippen LogP contribution in [-0.2, 0) is 14.3 Å². The van der Waals surface area contributed by atoms with E-state index in [2.05, 4.69) is 5.32 Å². The molecule has 3 aromatic carbocycles. The summed E-state index contributed by atoms with van der Waals surface area (Å²) in [5.74, 6) is -1.91. The Labute approximate surface area is 250 Å². The van der Waals surface area contributed by atoms with Crippen molar-refractivity contribution in [3.63, 3.8) is 0 Å². The van der Waals surface area contributed by atoms with Gasteiger partial charge < -0.3 is 10.1 Å². The Morgan fingerprint density at radius 2 is 1.88 bits per heavy atom. The zero-order valence-electron chi connectivity index (χ0n) is 22.4. The summed E-state index contributed by atoms with van der Waals surface area (Å²) in [5, 5.41) is 7.46. The lowest BCUT2D eigenvalue weighted by Gasteiger charge is -2.24. The summed E-state index contributed by atoms with van der Waals surface area (Å²) in [6, 6.07) is 19.8. The van der Waals surface area contributed by atoms with Gasteiger partial charge in [-0.05, 0) is 31.0 Å². The van der Waals surface area contributed by atoms with E-state index in [0.29, 0.717) is 40.9 Å². The van der Waals surface area contributed by atoms with Crippen molar-refractivity contribution in [3.8, 4) is 16.9 Å². The number of hydrogen-bond donors (Lipinski definition) is 1. The van der Waals surface area contributed by atoms with Crippen molar-refractivity contribution >= 4 is 41.0 Å². The second kappa shape index (κ2) is 12.2. The maximum atomic E-state index is 15.4. The highest BCUT2D eigenvalue weighted by molar-refractivity contribution is 8.00. The largest absolute Gasteiger partial charge is 0.376 e. The molecule has 0 radical (unpaired) electrons. The fourth-order valence-electron chi connectivity index (χ4n) is 5.31. The number of fused-ring (bicyclic) bond motifs is 1. The Morgan fingerprint density at radius 3 is 2.62 bits per heavy atom. The zero-order chi connectivity index (χ0) is 29.2. The van der Waals surface area contributed by atoms with Crippen LogP contribution in [0.3, 0.4) is 0 Å². The van der Waals surface area contributed by atoms with Gasteiger partial charge in [-0.3, -0.25) is 14.5 Å². The van der Waals surface area contributed by atoms with Crippen LogP contribution in [-0.4, -0.2) is 53.1 Å². The van der Waals surface area contributed by atoms with Crippen LogP contribution in [0.15, 0.2) is 72.8 Å². The summed E-state index contributed by atoms with van der Waals surface area (Å²) in [4.78, 5) is 28.4. The summed E-state index contributed by atoms with van der Waals surface area (Å²) < 4.78 is 36.5. The number of rotatable bonds is 7. The Hall–Kier alpha value is -3.73. The van der Waals surface area contributed by atoms with Crippen LogP contribution in [0.5, 0.6) is 0 Å².